The maximum absolute atomic E-state index is 13.7. The van der Waals surface area contributed by atoms with E-state index in [-0.39, 0.29) is 18.6 Å². The van der Waals surface area contributed by atoms with Crippen molar-refractivity contribution >= 4 is 5.76 Å². The highest BCUT2D eigenvalue weighted by Crippen LogP contribution is 2.39. The van der Waals surface area contributed by atoms with E-state index in [2.05, 4.69) is 11.5 Å². The number of hydrogen-bond donors (Lipinski definition) is 0. The molecule has 0 saturated carbocycles. The van der Waals surface area contributed by atoms with Gasteiger partial charge in [0.1, 0.15) is 11.6 Å². The molecule has 198 valence electrons. The molecule has 3 atom stereocenters. The zero-order valence-electron chi connectivity index (χ0n) is 19.5. The lowest BCUT2D eigenvalue weighted by Gasteiger charge is -2.44. The van der Waals surface area contributed by atoms with Crippen LogP contribution < -0.4 is 0 Å². The summed E-state index contributed by atoms with van der Waals surface area (Å²) in [5.41, 5.74) is -2.41. The van der Waals surface area contributed by atoms with E-state index in [1.54, 1.807) is 6.08 Å². The van der Waals surface area contributed by atoms with Crippen LogP contribution in [0.15, 0.2) is 79.2 Å². The first-order valence-corrected chi connectivity index (χ1v) is 11.5. The quantitative estimate of drug-likeness (QED) is 0.289. The minimum atomic E-state index is -5.00. The average Bonchev–Trinajstić information content (AvgIpc) is 2.84. The van der Waals surface area contributed by atoms with E-state index >= 15 is 0 Å². The normalized spacial score (nSPS) is 23.0. The lowest BCUT2D eigenvalue weighted by atomic mass is 9.89. The largest absolute Gasteiger partial charge is 0.463 e. The predicted molar refractivity (Wildman–Crippen MR) is 123 cm³/mol. The van der Waals surface area contributed by atoms with Gasteiger partial charge in [0.15, 0.2) is 0 Å². The third-order valence-electron chi connectivity index (χ3n) is 6.28. The fourth-order valence-corrected chi connectivity index (χ4v) is 4.47. The third-order valence-corrected chi connectivity index (χ3v) is 6.28. The van der Waals surface area contributed by atoms with Crippen molar-refractivity contribution in [3.05, 3.63) is 101 Å². The van der Waals surface area contributed by atoms with Crippen LogP contribution in [0.1, 0.15) is 28.7 Å². The Labute approximate surface area is 209 Å². The van der Waals surface area contributed by atoms with Crippen molar-refractivity contribution in [2.75, 3.05) is 13.2 Å². The van der Waals surface area contributed by atoms with E-state index in [1.165, 1.54) is 12.2 Å². The molecule has 10 heteroatoms. The number of hydrogen-bond acceptors (Lipinski definition) is 3. The van der Waals surface area contributed by atoms with Gasteiger partial charge in [0, 0.05) is 24.6 Å². The highest BCUT2D eigenvalue weighted by molar-refractivity contribution is 5.60. The number of alkyl halides is 6. The Morgan fingerprint density at radius 1 is 1.00 bits per heavy atom. The Bertz CT molecular complexity index is 1140. The van der Waals surface area contributed by atoms with Crippen LogP contribution in [-0.2, 0) is 28.4 Å². The van der Waals surface area contributed by atoms with Crippen LogP contribution in [0.4, 0.5) is 30.7 Å². The number of morpholine rings is 1. The van der Waals surface area contributed by atoms with E-state index in [0.717, 1.165) is 5.56 Å². The molecule has 3 nitrogen and oxygen atoms in total. The topological polar surface area (TPSA) is 21.7 Å². The zero-order chi connectivity index (χ0) is 26.8. The smallest absolute Gasteiger partial charge is 0.416 e. The molecule has 2 aromatic carbocycles. The van der Waals surface area contributed by atoms with Crippen LogP contribution in [0.3, 0.4) is 0 Å². The Kier molecular flexibility index (Phi) is 7.80. The molecular weight excluding hydrogens is 503 g/mol. The summed E-state index contributed by atoms with van der Waals surface area (Å²) < 4.78 is 105. The summed E-state index contributed by atoms with van der Waals surface area (Å²) in [6.45, 7) is 4.80. The van der Waals surface area contributed by atoms with Gasteiger partial charge in [-0.05, 0) is 42.3 Å². The molecular formula is C27H24F7NO2. The van der Waals surface area contributed by atoms with Crippen LogP contribution in [0, 0.1) is 5.92 Å². The van der Waals surface area contributed by atoms with E-state index in [4.69, 9.17) is 9.47 Å². The minimum Gasteiger partial charge on any atom is -0.463 e. The van der Waals surface area contributed by atoms with Crippen molar-refractivity contribution in [2.45, 2.75) is 37.7 Å². The van der Waals surface area contributed by atoms with Crippen molar-refractivity contribution in [3.63, 3.8) is 0 Å². The summed E-state index contributed by atoms with van der Waals surface area (Å²) in [5, 5.41) is 0. The highest BCUT2D eigenvalue weighted by Gasteiger charge is 2.40. The van der Waals surface area contributed by atoms with Gasteiger partial charge in [0.25, 0.3) is 0 Å². The number of allylic oxidation sites excluding steroid dienone is 3. The van der Waals surface area contributed by atoms with E-state index in [0.29, 0.717) is 31.6 Å². The van der Waals surface area contributed by atoms with Gasteiger partial charge < -0.3 is 9.47 Å². The lowest BCUT2D eigenvalue weighted by Crippen LogP contribution is -2.55. The van der Waals surface area contributed by atoms with Crippen LogP contribution >= 0.6 is 0 Å². The number of rotatable bonds is 6. The average molecular weight is 527 g/mol. The van der Waals surface area contributed by atoms with Crippen molar-refractivity contribution in [2.24, 2.45) is 5.92 Å². The monoisotopic (exact) mass is 527 g/mol. The number of ether oxygens (including phenoxy) is 2. The summed E-state index contributed by atoms with van der Waals surface area (Å²) in [5.74, 6) is -1.07. The molecule has 37 heavy (non-hydrogen) atoms. The van der Waals surface area contributed by atoms with Gasteiger partial charge in [-0.1, -0.05) is 43.0 Å². The van der Waals surface area contributed by atoms with Crippen molar-refractivity contribution in [1.82, 2.24) is 4.90 Å². The second kappa shape index (κ2) is 10.7. The molecule has 0 bridgehead atoms. The first-order chi connectivity index (χ1) is 17.4. The molecule has 0 amide bonds. The Morgan fingerprint density at radius 2 is 1.65 bits per heavy atom. The summed E-state index contributed by atoms with van der Waals surface area (Å²) in [6.07, 6.45) is -6.37. The molecule has 0 N–H and O–H groups in total. The summed E-state index contributed by atoms with van der Waals surface area (Å²) in [4.78, 5) is 2.05. The standard InChI is InChI=1S/C27H24F7NO2/c1-17(20-13-21(26(29,30)31)15-22(14-20)27(32,33)34)37-25-24(19-7-9-23(28)10-8-19)35(11-12-36-25)16-18-5-3-2-4-6-18/h2-7,9-10,13-15,19,24-25H,1,8,11-12,16H2/t19?,24-,25+/m0/s1. The molecule has 0 aromatic heterocycles. The van der Waals surface area contributed by atoms with Crippen LogP contribution in [0.2, 0.25) is 0 Å². The van der Waals surface area contributed by atoms with Gasteiger partial charge in [-0.3, -0.25) is 4.90 Å². The number of benzene rings is 2. The molecule has 1 saturated heterocycles. The van der Waals surface area contributed by atoms with Gasteiger partial charge in [-0.25, -0.2) is 4.39 Å². The Hall–Kier alpha value is -3.11. The van der Waals surface area contributed by atoms with E-state index in [9.17, 15) is 30.7 Å². The molecule has 1 fully saturated rings. The second-order valence-corrected chi connectivity index (χ2v) is 8.87. The summed E-state index contributed by atoms with van der Waals surface area (Å²) in [6, 6.07) is 10.2. The first-order valence-electron chi connectivity index (χ1n) is 11.5. The molecule has 1 unspecified atom stereocenters. The maximum atomic E-state index is 13.7. The summed E-state index contributed by atoms with van der Waals surface area (Å²) in [7, 11) is 0. The first kappa shape index (κ1) is 26.9. The Morgan fingerprint density at radius 3 is 2.22 bits per heavy atom. The van der Waals surface area contributed by atoms with Gasteiger partial charge in [-0.2, -0.15) is 26.3 Å². The third kappa shape index (κ3) is 6.61. The molecule has 1 aliphatic carbocycles. The van der Waals surface area contributed by atoms with Crippen molar-refractivity contribution < 1.29 is 40.2 Å². The van der Waals surface area contributed by atoms with Gasteiger partial charge in [0.05, 0.1) is 23.8 Å². The second-order valence-electron chi connectivity index (χ2n) is 8.87. The molecule has 1 aliphatic heterocycles. The van der Waals surface area contributed by atoms with E-state index in [1.807, 2.05) is 30.3 Å². The molecule has 2 aliphatic rings. The van der Waals surface area contributed by atoms with Crippen LogP contribution in [0.25, 0.3) is 5.76 Å². The fourth-order valence-electron chi connectivity index (χ4n) is 4.47. The zero-order valence-corrected chi connectivity index (χ0v) is 19.5. The SMILES string of the molecule is C=C(O[C@H]1OCCN(Cc2ccccc2)[C@H]1C1C=CC(F)=CC1)c1cc(C(F)(F)F)cc(C(F)(F)F)c1. The lowest BCUT2D eigenvalue weighted by molar-refractivity contribution is -0.187. The number of halogens is 7. The molecule has 2 aromatic rings. The van der Waals surface area contributed by atoms with Gasteiger partial charge in [-0.15, -0.1) is 0 Å². The van der Waals surface area contributed by atoms with E-state index < -0.39 is 53.0 Å². The van der Waals surface area contributed by atoms with Crippen molar-refractivity contribution in [1.29, 1.82) is 0 Å². The van der Waals surface area contributed by atoms with Crippen LogP contribution in [0.5, 0.6) is 0 Å². The van der Waals surface area contributed by atoms with Gasteiger partial charge >= 0.3 is 12.4 Å². The minimum absolute atomic E-state index is 0.0476. The number of nitrogens with zero attached hydrogens (tertiary/aromatic N) is 1. The molecule has 0 radical (unpaired) electrons. The molecule has 0 spiro atoms. The molecule has 1 heterocycles. The van der Waals surface area contributed by atoms with Gasteiger partial charge in [0.2, 0.25) is 6.29 Å². The summed E-state index contributed by atoms with van der Waals surface area (Å²) >= 11 is 0. The fraction of sp³-hybridized carbons (Fsp3) is 0.333. The molecule has 4 rings (SSSR count). The predicted octanol–water partition coefficient (Wildman–Crippen LogP) is 7.37. The highest BCUT2D eigenvalue weighted by atomic mass is 19.4. The Balaban J connectivity index is 1.63. The maximum Gasteiger partial charge on any atom is 0.416 e. The van der Waals surface area contributed by atoms with Crippen LogP contribution in [-0.4, -0.2) is 30.4 Å². The van der Waals surface area contributed by atoms with Crippen molar-refractivity contribution in [3.8, 4) is 0 Å².